The van der Waals surface area contributed by atoms with E-state index < -0.39 is 0 Å². The standard InChI is InChI=1S/C18H20N2O/c19-17-7-5-13(6-8-17)9-10-20-18(21)16-11-14-3-1-2-4-15(14)12-16/h1-8,16H,9-12,19H2,(H,20,21). The second-order valence-electron chi connectivity index (χ2n) is 5.66. The summed E-state index contributed by atoms with van der Waals surface area (Å²) < 4.78 is 0. The average Bonchev–Trinajstić information content (AvgIpc) is 2.93. The Morgan fingerprint density at radius 1 is 1.05 bits per heavy atom. The third-order valence-corrected chi connectivity index (χ3v) is 4.11. The minimum absolute atomic E-state index is 0.0915. The van der Waals surface area contributed by atoms with Gasteiger partial charge in [-0.2, -0.15) is 0 Å². The third kappa shape index (κ3) is 3.24. The van der Waals surface area contributed by atoms with Crippen molar-refractivity contribution >= 4 is 11.6 Å². The molecular formula is C18H20N2O. The van der Waals surface area contributed by atoms with Crippen molar-refractivity contribution in [3.05, 3.63) is 65.2 Å². The summed E-state index contributed by atoms with van der Waals surface area (Å²) >= 11 is 0. The van der Waals surface area contributed by atoms with E-state index in [1.807, 2.05) is 36.4 Å². The van der Waals surface area contributed by atoms with Crippen LogP contribution in [-0.2, 0) is 24.1 Å². The first-order valence-corrected chi connectivity index (χ1v) is 7.41. The van der Waals surface area contributed by atoms with Gasteiger partial charge in [-0.3, -0.25) is 4.79 Å². The van der Waals surface area contributed by atoms with Gasteiger partial charge in [-0.05, 0) is 48.1 Å². The highest BCUT2D eigenvalue weighted by atomic mass is 16.1. The van der Waals surface area contributed by atoms with Crippen molar-refractivity contribution in [2.75, 3.05) is 12.3 Å². The SMILES string of the molecule is Nc1ccc(CCNC(=O)C2Cc3ccccc3C2)cc1. The lowest BCUT2D eigenvalue weighted by Gasteiger charge is -2.10. The predicted molar refractivity (Wildman–Crippen MR) is 84.9 cm³/mol. The van der Waals surface area contributed by atoms with Gasteiger partial charge in [0.25, 0.3) is 0 Å². The molecule has 0 aliphatic heterocycles. The lowest BCUT2D eigenvalue weighted by Crippen LogP contribution is -2.32. The Kier molecular flexibility index (Phi) is 3.91. The average molecular weight is 280 g/mol. The number of fused-ring (bicyclic) bond motifs is 1. The van der Waals surface area contributed by atoms with Gasteiger partial charge in [0.2, 0.25) is 5.91 Å². The number of benzene rings is 2. The maximum absolute atomic E-state index is 12.2. The van der Waals surface area contributed by atoms with Crippen LogP contribution in [0.2, 0.25) is 0 Å². The van der Waals surface area contributed by atoms with Crippen LogP contribution in [0.5, 0.6) is 0 Å². The molecule has 21 heavy (non-hydrogen) atoms. The fourth-order valence-electron chi connectivity index (χ4n) is 2.90. The van der Waals surface area contributed by atoms with Crippen LogP contribution in [0, 0.1) is 5.92 Å². The Hall–Kier alpha value is -2.29. The topological polar surface area (TPSA) is 55.1 Å². The van der Waals surface area contributed by atoms with Gasteiger partial charge in [0.15, 0.2) is 0 Å². The Labute approximate surface area is 125 Å². The molecule has 0 bridgehead atoms. The normalized spacial score (nSPS) is 13.9. The monoisotopic (exact) mass is 280 g/mol. The third-order valence-electron chi connectivity index (χ3n) is 4.11. The van der Waals surface area contributed by atoms with Crippen LogP contribution >= 0.6 is 0 Å². The highest BCUT2D eigenvalue weighted by Gasteiger charge is 2.26. The number of carbonyl (C=O) groups excluding carboxylic acids is 1. The summed E-state index contributed by atoms with van der Waals surface area (Å²) in [6.45, 7) is 0.676. The molecule has 2 aromatic rings. The fraction of sp³-hybridized carbons (Fsp3) is 0.278. The number of hydrogen-bond acceptors (Lipinski definition) is 2. The molecule has 0 fully saturated rings. The molecule has 0 spiro atoms. The summed E-state index contributed by atoms with van der Waals surface area (Å²) in [6, 6.07) is 16.1. The summed E-state index contributed by atoms with van der Waals surface area (Å²) in [6.07, 6.45) is 2.57. The predicted octanol–water partition coefficient (Wildman–Crippen LogP) is 2.34. The molecule has 0 saturated carbocycles. The molecular weight excluding hydrogens is 260 g/mol. The van der Waals surface area contributed by atoms with Crippen molar-refractivity contribution in [1.82, 2.24) is 5.32 Å². The van der Waals surface area contributed by atoms with Crippen molar-refractivity contribution in [3.63, 3.8) is 0 Å². The summed E-state index contributed by atoms with van der Waals surface area (Å²) in [5, 5.41) is 3.05. The Bertz CT molecular complexity index is 609. The molecule has 2 aromatic carbocycles. The van der Waals surface area contributed by atoms with Crippen LogP contribution in [0.25, 0.3) is 0 Å². The molecule has 1 aliphatic rings. The molecule has 0 heterocycles. The van der Waals surface area contributed by atoms with Crippen LogP contribution in [0.3, 0.4) is 0 Å². The molecule has 108 valence electrons. The number of carbonyl (C=O) groups is 1. The number of nitrogen functional groups attached to an aromatic ring is 1. The lowest BCUT2D eigenvalue weighted by atomic mass is 10.1. The quantitative estimate of drug-likeness (QED) is 0.845. The minimum Gasteiger partial charge on any atom is -0.399 e. The second-order valence-corrected chi connectivity index (χ2v) is 5.66. The van der Waals surface area contributed by atoms with Gasteiger partial charge in [-0.1, -0.05) is 36.4 Å². The van der Waals surface area contributed by atoms with Crippen LogP contribution in [0.1, 0.15) is 16.7 Å². The number of anilines is 1. The van der Waals surface area contributed by atoms with Crippen LogP contribution in [0.15, 0.2) is 48.5 Å². The number of nitrogens with one attached hydrogen (secondary N) is 1. The number of amides is 1. The smallest absolute Gasteiger partial charge is 0.223 e. The zero-order valence-electron chi connectivity index (χ0n) is 12.0. The second kappa shape index (κ2) is 6.00. The fourth-order valence-corrected chi connectivity index (χ4v) is 2.90. The van der Waals surface area contributed by atoms with Crippen LogP contribution < -0.4 is 11.1 Å². The molecule has 0 saturated heterocycles. The van der Waals surface area contributed by atoms with Gasteiger partial charge in [0.1, 0.15) is 0 Å². The highest BCUT2D eigenvalue weighted by Crippen LogP contribution is 2.26. The van der Waals surface area contributed by atoms with Gasteiger partial charge < -0.3 is 11.1 Å². The molecule has 0 unspecified atom stereocenters. The maximum atomic E-state index is 12.2. The summed E-state index contributed by atoms with van der Waals surface area (Å²) in [5.41, 5.74) is 10.3. The van der Waals surface area contributed by atoms with E-state index in [2.05, 4.69) is 17.4 Å². The molecule has 0 aromatic heterocycles. The maximum Gasteiger partial charge on any atom is 0.223 e. The number of nitrogens with two attached hydrogens (primary N) is 1. The molecule has 1 aliphatic carbocycles. The number of hydrogen-bond donors (Lipinski definition) is 2. The van der Waals surface area contributed by atoms with Gasteiger partial charge in [0, 0.05) is 18.2 Å². The van der Waals surface area contributed by atoms with Gasteiger partial charge in [-0.15, -0.1) is 0 Å². The van der Waals surface area contributed by atoms with Crippen molar-refractivity contribution in [3.8, 4) is 0 Å². The first-order valence-electron chi connectivity index (χ1n) is 7.41. The summed E-state index contributed by atoms with van der Waals surface area (Å²) in [7, 11) is 0. The van der Waals surface area contributed by atoms with E-state index in [0.717, 1.165) is 24.9 Å². The Balaban J connectivity index is 1.48. The number of rotatable bonds is 4. The van der Waals surface area contributed by atoms with Gasteiger partial charge >= 0.3 is 0 Å². The van der Waals surface area contributed by atoms with E-state index >= 15 is 0 Å². The minimum atomic E-state index is 0.0915. The molecule has 3 N–H and O–H groups in total. The van der Waals surface area contributed by atoms with E-state index in [9.17, 15) is 4.79 Å². The van der Waals surface area contributed by atoms with Crippen LogP contribution in [-0.4, -0.2) is 12.5 Å². The van der Waals surface area contributed by atoms with Crippen LogP contribution in [0.4, 0.5) is 5.69 Å². The molecule has 3 heteroatoms. The first-order chi connectivity index (χ1) is 10.2. The highest BCUT2D eigenvalue weighted by molar-refractivity contribution is 5.80. The van der Waals surface area contributed by atoms with Crippen molar-refractivity contribution in [2.45, 2.75) is 19.3 Å². The van der Waals surface area contributed by atoms with Crippen molar-refractivity contribution in [2.24, 2.45) is 5.92 Å². The van der Waals surface area contributed by atoms with E-state index in [0.29, 0.717) is 6.54 Å². The van der Waals surface area contributed by atoms with Crippen molar-refractivity contribution < 1.29 is 4.79 Å². The zero-order chi connectivity index (χ0) is 14.7. The molecule has 0 atom stereocenters. The molecule has 3 nitrogen and oxygen atoms in total. The molecule has 3 rings (SSSR count). The van der Waals surface area contributed by atoms with Crippen molar-refractivity contribution in [1.29, 1.82) is 0 Å². The van der Waals surface area contributed by atoms with E-state index in [1.54, 1.807) is 0 Å². The van der Waals surface area contributed by atoms with Gasteiger partial charge in [0.05, 0.1) is 0 Å². The summed E-state index contributed by atoms with van der Waals surface area (Å²) in [4.78, 5) is 12.2. The van der Waals surface area contributed by atoms with E-state index in [-0.39, 0.29) is 11.8 Å². The molecule has 1 amide bonds. The van der Waals surface area contributed by atoms with Gasteiger partial charge in [-0.25, -0.2) is 0 Å². The Morgan fingerprint density at radius 3 is 2.29 bits per heavy atom. The largest absolute Gasteiger partial charge is 0.399 e. The first kappa shape index (κ1) is 13.7. The molecule has 0 radical (unpaired) electrons. The lowest BCUT2D eigenvalue weighted by molar-refractivity contribution is -0.124. The van der Waals surface area contributed by atoms with E-state index in [4.69, 9.17) is 5.73 Å². The Morgan fingerprint density at radius 2 is 1.67 bits per heavy atom. The van der Waals surface area contributed by atoms with E-state index in [1.165, 1.54) is 16.7 Å². The zero-order valence-corrected chi connectivity index (χ0v) is 12.0. The summed E-state index contributed by atoms with van der Waals surface area (Å²) in [5.74, 6) is 0.260.